The van der Waals surface area contributed by atoms with Crippen LogP contribution in [0.2, 0.25) is 0 Å². The first-order valence-electron chi connectivity index (χ1n) is 8.48. The first-order chi connectivity index (χ1) is 12.4. The van der Waals surface area contributed by atoms with Crippen molar-refractivity contribution in [3.63, 3.8) is 0 Å². The van der Waals surface area contributed by atoms with E-state index in [0.29, 0.717) is 22.4 Å². The third-order valence-corrected chi connectivity index (χ3v) is 3.87. The summed E-state index contributed by atoms with van der Waals surface area (Å²) in [5, 5.41) is 7.79. The number of para-hydroxylation sites is 1. The molecular weight excluding hydrogens is 334 g/mol. The quantitative estimate of drug-likeness (QED) is 0.700. The second kappa shape index (κ2) is 7.03. The highest BCUT2D eigenvalue weighted by Gasteiger charge is 2.25. The molecule has 3 aromatic rings. The van der Waals surface area contributed by atoms with Crippen molar-refractivity contribution in [3.8, 4) is 0 Å². The lowest BCUT2D eigenvalue weighted by molar-refractivity contribution is 0.0494. The smallest absolute Gasteiger partial charge is 0.376 e. The van der Waals surface area contributed by atoms with E-state index in [1.54, 1.807) is 35.9 Å². The highest BCUT2D eigenvalue weighted by molar-refractivity contribution is 6.13. The van der Waals surface area contributed by atoms with Gasteiger partial charge in [-0.3, -0.25) is 9.48 Å². The van der Waals surface area contributed by atoms with Crippen LogP contribution in [0.1, 0.15) is 53.6 Å². The molecule has 0 aliphatic heterocycles. The lowest BCUT2D eigenvalue weighted by atomic mass is 10.2. The SMILES string of the molecule is CCOC(=O)c1oc2ccccc2c1NC(=O)c1cc(C)nn1C(C)C. The van der Waals surface area contributed by atoms with Gasteiger partial charge in [0.1, 0.15) is 17.0 Å². The number of rotatable bonds is 5. The Bertz CT molecular complexity index is 968. The highest BCUT2D eigenvalue weighted by atomic mass is 16.5. The Morgan fingerprint density at radius 1 is 1.31 bits per heavy atom. The van der Waals surface area contributed by atoms with Crippen LogP contribution in [0.3, 0.4) is 0 Å². The number of hydrogen-bond donors (Lipinski definition) is 1. The van der Waals surface area contributed by atoms with Gasteiger partial charge in [-0.2, -0.15) is 5.10 Å². The monoisotopic (exact) mass is 355 g/mol. The third-order valence-electron chi connectivity index (χ3n) is 3.87. The minimum Gasteiger partial charge on any atom is -0.460 e. The van der Waals surface area contributed by atoms with Crippen LogP contribution in [0, 0.1) is 6.92 Å². The topological polar surface area (TPSA) is 86.4 Å². The van der Waals surface area contributed by atoms with Gasteiger partial charge in [0.2, 0.25) is 5.76 Å². The van der Waals surface area contributed by atoms with Crippen LogP contribution in [-0.4, -0.2) is 28.3 Å². The van der Waals surface area contributed by atoms with Crippen molar-refractivity contribution in [3.05, 3.63) is 47.5 Å². The van der Waals surface area contributed by atoms with Gasteiger partial charge < -0.3 is 14.5 Å². The molecule has 7 heteroatoms. The number of aromatic nitrogens is 2. The van der Waals surface area contributed by atoms with Gasteiger partial charge in [0.05, 0.1) is 12.3 Å². The van der Waals surface area contributed by atoms with Crippen molar-refractivity contribution < 1.29 is 18.7 Å². The van der Waals surface area contributed by atoms with E-state index in [4.69, 9.17) is 9.15 Å². The summed E-state index contributed by atoms with van der Waals surface area (Å²) in [6.45, 7) is 7.64. The number of ether oxygens (including phenoxy) is 1. The average molecular weight is 355 g/mol. The van der Waals surface area contributed by atoms with E-state index in [1.165, 1.54) is 0 Å². The molecule has 0 radical (unpaired) electrons. The number of fused-ring (bicyclic) bond motifs is 1. The molecular formula is C19H21N3O4. The number of amides is 1. The molecule has 0 saturated heterocycles. The summed E-state index contributed by atoms with van der Waals surface area (Å²) < 4.78 is 12.3. The molecule has 0 aliphatic rings. The second-order valence-electron chi connectivity index (χ2n) is 6.19. The summed E-state index contributed by atoms with van der Waals surface area (Å²) in [7, 11) is 0. The van der Waals surface area contributed by atoms with Gasteiger partial charge in [0, 0.05) is 11.4 Å². The number of nitrogens with one attached hydrogen (secondary N) is 1. The molecule has 0 spiro atoms. The minimum absolute atomic E-state index is 0.0197. The fraction of sp³-hybridized carbons (Fsp3) is 0.316. The number of benzene rings is 1. The van der Waals surface area contributed by atoms with Gasteiger partial charge in [-0.1, -0.05) is 12.1 Å². The summed E-state index contributed by atoms with van der Waals surface area (Å²) in [6, 6.07) is 8.85. The largest absolute Gasteiger partial charge is 0.460 e. The zero-order chi connectivity index (χ0) is 18.8. The Balaban J connectivity index is 2.04. The fourth-order valence-corrected chi connectivity index (χ4v) is 2.77. The number of furan rings is 1. The zero-order valence-corrected chi connectivity index (χ0v) is 15.2. The molecule has 2 aromatic heterocycles. The Morgan fingerprint density at radius 2 is 2.04 bits per heavy atom. The predicted molar refractivity (Wildman–Crippen MR) is 97.5 cm³/mol. The van der Waals surface area contributed by atoms with Crippen molar-refractivity contribution in [2.75, 3.05) is 11.9 Å². The van der Waals surface area contributed by atoms with Gasteiger partial charge in [-0.15, -0.1) is 0 Å². The summed E-state index contributed by atoms with van der Waals surface area (Å²) in [5.74, 6) is -1.00. The zero-order valence-electron chi connectivity index (χ0n) is 15.2. The van der Waals surface area contributed by atoms with Crippen LogP contribution >= 0.6 is 0 Å². The molecule has 1 aromatic carbocycles. The Hall–Kier alpha value is -3.09. The molecule has 3 rings (SSSR count). The van der Waals surface area contributed by atoms with Crippen LogP contribution in [0.4, 0.5) is 5.69 Å². The third kappa shape index (κ3) is 3.20. The number of esters is 1. The van der Waals surface area contributed by atoms with Gasteiger partial charge >= 0.3 is 5.97 Å². The number of hydrogen-bond acceptors (Lipinski definition) is 5. The van der Waals surface area contributed by atoms with Crippen molar-refractivity contribution >= 4 is 28.5 Å². The molecule has 1 amide bonds. The van der Waals surface area contributed by atoms with Gasteiger partial charge in [0.25, 0.3) is 5.91 Å². The number of carbonyl (C=O) groups excluding carboxylic acids is 2. The van der Waals surface area contributed by atoms with Crippen LogP contribution in [0.5, 0.6) is 0 Å². The summed E-state index contributed by atoms with van der Waals surface area (Å²) in [4.78, 5) is 25.1. The van der Waals surface area contributed by atoms with Crippen LogP contribution in [0.25, 0.3) is 11.0 Å². The average Bonchev–Trinajstić information content (AvgIpc) is 3.16. The minimum atomic E-state index is -0.618. The summed E-state index contributed by atoms with van der Waals surface area (Å²) in [6.07, 6.45) is 0. The molecule has 26 heavy (non-hydrogen) atoms. The van der Waals surface area contributed by atoms with Crippen molar-refractivity contribution in [2.45, 2.75) is 33.7 Å². The number of aryl methyl sites for hydroxylation is 1. The number of anilines is 1. The maximum Gasteiger partial charge on any atom is 0.376 e. The lowest BCUT2D eigenvalue weighted by Crippen LogP contribution is -2.20. The van der Waals surface area contributed by atoms with Crippen LogP contribution in [0.15, 0.2) is 34.7 Å². The molecule has 0 bridgehead atoms. The Kier molecular flexibility index (Phi) is 4.79. The first kappa shape index (κ1) is 17.7. The summed E-state index contributed by atoms with van der Waals surface area (Å²) >= 11 is 0. The predicted octanol–water partition coefficient (Wildman–Crippen LogP) is 3.95. The molecule has 2 heterocycles. The van der Waals surface area contributed by atoms with Crippen molar-refractivity contribution in [1.29, 1.82) is 0 Å². The molecule has 0 fully saturated rings. The van der Waals surface area contributed by atoms with E-state index < -0.39 is 5.97 Å². The number of carbonyl (C=O) groups is 2. The molecule has 0 unspecified atom stereocenters. The van der Waals surface area contributed by atoms with Gasteiger partial charge in [-0.05, 0) is 45.9 Å². The normalized spacial score (nSPS) is 11.1. The van der Waals surface area contributed by atoms with Crippen LogP contribution in [-0.2, 0) is 4.74 Å². The standard InChI is InChI=1S/C19H21N3O4/c1-5-25-19(24)17-16(13-8-6-7-9-15(13)26-17)20-18(23)14-10-12(4)21-22(14)11(2)3/h6-11H,5H2,1-4H3,(H,20,23). The number of nitrogens with zero attached hydrogens (tertiary/aromatic N) is 2. The fourth-order valence-electron chi connectivity index (χ4n) is 2.77. The van der Waals surface area contributed by atoms with E-state index in [9.17, 15) is 9.59 Å². The van der Waals surface area contributed by atoms with Crippen LogP contribution < -0.4 is 5.32 Å². The maximum atomic E-state index is 12.9. The Morgan fingerprint density at radius 3 is 2.73 bits per heavy atom. The van der Waals surface area contributed by atoms with Crippen molar-refractivity contribution in [2.24, 2.45) is 0 Å². The van der Waals surface area contributed by atoms with Gasteiger partial charge in [-0.25, -0.2) is 4.79 Å². The molecule has 7 nitrogen and oxygen atoms in total. The maximum absolute atomic E-state index is 12.9. The van der Waals surface area contributed by atoms with E-state index >= 15 is 0 Å². The first-order valence-corrected chi connectivity index (χ1v) is 8.48. The van der Waals surface area contributed by atoms with E-state index in [-0.39, 0.29) is 24.3 Å². The highest BCUT2D eigenvalue weighted by Crippen LogP contribution is 2.32. The summed E-state index contributed by atoms with van der Waals surface area (Å²) in [5.41, 5.74) is 1.96. The molecule has 136 valence electrons. The van der Waals surface area contributed by atoms with Crippen molar-refractivity contribution in [1.82, 2.24) is 9.78 Å². The van der Waals surface area contributed by atoms with E-state index in [2.05, 4.69) is 10.4 Å². The Labute approximate surface area is 150 Å². The lowest BCUT2D eigenvalue weighted by Gasteiger charge is -2.11. The van der Waals surface area contributed by atoms with Gasteiger partial charge in [0.15, 0.2) is 0 Å². The molecule has 0 aliphatic carbocycles. The molecule has 1 N–H and O–H groups in total. The van der Waals surface area contributed by atoms with E-state index in [1.807, 2.05) is 26.8 Å². The van der Waals surface area contributed by atoms with E-state index in [0.717, 1.165) is 5.69 Å². The molecule has 0 atom stereocenters. The molecule has 0 saturated carbocycles. The second-order valence-corrected chi connectivity index (χ2v) is 6.19.